The monoisotopic (exact) mass is 304 g/mol. The van der Waals surface area contributed by atoms with Crippen molar-refractivity contribution in [2.24, 2.45) is 0 Å². The van der Waals surface area contributed by atoms with E-state index < -0.39 is 0 Å². The SMILES string of the molecule is O=C(NCCc1csc(-n2cccn2)n1)c1ccsc1. The molecular formula is C13H12N4OS2. The number of carbonyl (C=O) groups excluding carboxylic acids is 1. The van der Waals surface area contributed by atoms with Gasteiger partial charge in [0.1, 0.15) is 0 Å². The number of nitrogens with zero attached hydrogens (tertiary/aromatic N) is 3. The Morgan fingerprint density at radius 2 is 2.35 bits per heavy atom. The van der Waals surface area contributed by atoms with E-state index in [2.05, 4.69) is 15.4 Å². The molecular weight excluding hydrogens is 292 g/mol. The molecule has 0 atom stereocenters. The van der Waals surface area contributed by atoms with E-state index in [-0.39, 0.29) is 5.91 Å². The highest BCUT2D eigenvalue weighted by molar-refractivity contribution is 7.12. The smallest absolute Gasteiger partial charge is 0.252 e. The summed E-state index contributed by atoms with van der Waals surface area (Å²) in [5.41, 5.74) is 1.68. The zero-order valence-electron chi connectivity index (χ0n) is 10.5. The van der Waals surface area contributed by atoms with Gasteiger partial charge in [0, 0.05) is 41.7 Å². The summed E-state index contributed by atoms with van der Waals surface area (Å²) in [4.78, 5) is 16.2. The Morgan fingerprint density at radius 3 is 3.10 bits per heavy atom. The molecule has 0 saturated heterocycles. The number of nitrogens with one attached hydrogen (secondary N) is 1. The van der Waals surface area contributed by atoms with Crippen LogP contribution in [0.4, 0.5) is 0 Å². The first-order valence-electron chi connectivity index (χ1n) is 6.08. The van der Waals surface area contributed by atoms with Crippen LogP contribution >= 0.6 is 22.7 Å². The van der Waals surface area contributed by atoms with Crippen molar-refractivity contribution in [1.82, 2.24) is 20.1 Å². The third-order valence-electron chi connectivity index (χ3n) is 2.69. The van der Waals surface area contributed by atoms with Gasteiger partial charge in [-0.1, -0.05) is 0 Å². The Balaban J connectivity index is 1.53. The van der Waals surface area contributed by atoms with Crippen molar-refractivity contribution >= 4 is 28.6 Å². The lowest BCUT2D eigenvalue weighted by atomic mass is 10.3. The zero-order valence-corrected chi connectivity index (χ0v) is 12.2. The van der Waals surface area contributed by atoms with Crippen LogP contribution in [-0.4, -0.2) is 27.2 Å². The summed E-state index contributed by atoms with van der Waals surface area (Å²) in [5.74, 6) is -0.0335. The van der Waals surface area contributed by atoms with Gasteiger partial charge in [0.25, 0.3) is 5.91 Å². The topological polar surface area (TPSA) is 59.8 Å². The molecule has 0 aliphatic heterocycles. The van der Waals surface area contributed by atoms with E-state index >= 15 is 0 Å². The largest absolute Gasteiger partial charge is 0.352 e. The third-order valence-corrected chi connectivity index (χ3v) is 4.25. The molecule has 102 valence electrons. The number of amides is 1. The molecule has 20 heavy (non-hydrogen) atoms. The number of hydrogen-bond acceptors (Lipinski definition) is 5. The standard InChI is InChI=1S/C13H12N4OS2/c18-12(10-3-7-19-8-10)14-5-2-11-9-20-13(16-11)17-6-1-4-15-17/h1,3-4,6-9H,2,5H2,(H,14,18). The first kappa shape index (κ1) is 13.0. The van der Waals surface area contributed by atoms with Crippen molar-refractivity contribution in [3.63, 3.8) is 0 Å². The Hall–Kier alpha value is -1.99. The second-order valence-corrected chi connectivity index (χ2v) is 5.71. The Kier molecular flexibility index (Phi) is 3.89. The van der Waals surface area contributed by atoms with Crippen molar-refractivity contribution in [2.45, 2.75) is 6.42 Å². The lowest BCUT2D eigenvalue weighted by Gasteiger charge is -2.01. The van der Waals surface area contributed by atoms with Crippen molar-refractivity contribution < 1.29 is 4.79 Å². The molecule has 0 aliphatic rings. The van der Waals surface area contributed by atoms with E-state index in [1.54, 1.807) is 22.2 Å². The van der Waals surface area contributed by atoms with Crippen LogP contribution in [0, 0.1) is 0 Å². The molecule has 0 unspecified atom stereocenters. The molecule has 0 aromatic carbocycles. The van der Waals surface area contributed by atoms with E-state index in [0.717, 1.165) is 10.8 Å². The summed E-state index contributed by atoms with van der Waals surface area (Å²) in [6.45, 7) is 0.580. The molecule has 3 heterocycles. The van der Waals surface area contributed by atoms with E-state index in [1.807, 2.05) is 34.5 Å². The number of aromatic nitrogens is 3. The molecule has 7 heteroatoms. The quantitative estimate of drug-likeness (QED) is 0.787. The van der Waals surface area contributed by atoms with Gasteiger partial charge in [-0.2, -0.15) is 16.4 Å². The maximum Gasteiger partial charge on any atom is 0.252 e. The van der Waals surface area contributed by atoms with Crippen LogP contribution in [0.3, 0.4) is 0 Å². The Bertz CT molecular complexity index is 673. The highest BCUT2D eigenvalue weighted by Gasteiger charge is 2.07. The first-order valence-corrected chi connectivity index (χ1v) is 7.90. The van der Waals surface area contributed by atoms with Gasteiger partial charge < -0.3 is 5.32 Å². The third kappa shape index (κ3) is 2.94. The van der Waals surface area contributed by atoms with E-state index in [0.29, 0.717) is 18.5 Å². The van der Waals surface area contributed by atoms with Crippen LogP contribution in [0.15, 0.2) is 40.7 Å². The number of thiophene rings is 1. The summed E-state index contributed by atoms with van der Waals surface area (Å²) >= 11 is 3.06. The highest BCUT2D eigenvalue weighted by atomic mass is 32.1. The maximum absolute atomic E-state index is 11.8. The lowest BCUT2D eigenvalue weighted by molar-refractivity contribution is 0.0954. The molecule has 1 N–H and O–H groups in total. The molecule has 0 radical (unpaired) electrons. The van der Waals surface area contributed by atoms with Gasteiger partial charge in [0.2, 0.25) is 5.13 Å². The summed E-state index contributed by atoms with van der Waals surface area (Å²) in [5, 5.41) is 13.6. The predicted octanol–water partition coefficient (Wildman–Crippen LogP) is 2.36. The van der Waals surface area contributed by atoms with Crippen LogP contribution in [0.2, 0.25) is 0 Å². The van der Waals surface area contributed by atoms with Crippen molar-refractivity contribution in [2.75, 3.05) is 6.54 Å². The molecule has 3 aromatic heterocycles. The van der Waals surface area contributed by atoms with Gasteiger partial charge >= 0.3 is 0 Å². The molecule has 0 aliphatic carbocycles. The van der Waals surface area contributed by atoms with Crippen LogP contribution in [0.1, 0.15) is 16.1 Å². The van der Waals surface area contributed by atoms with Crippen molar-refractivity contribution in [1.29, 1.82) is 0 Å². The fourth-order valence-electron chi connectivity index (χ4n) is 1.70. The summed E-state index contributed by atoms with van der Waals surface area (Å²) < 4.78 is 1.73. The van der Waals surface area contributed by atoms with Gasteiger partial charge in [-0.05, 0) is 17.5 Å². The number of thiazole rings is 1. The van der Waals surface area contributed by atoms with Crippen LogP contribution < -0.4 is 5.32 Å². The van der Waals surface area contributed by atoms with E-state index in [1.165, 1.54) is 11.3 Å². The van der Waals surface area contributed by atoms with Gasteiger partial charge in [0.05, 0.1) is 5.69 Å². The summed E-state index contributed by atoms with van der Waals surface area (Å²) in [6, 6.07) is 3.68. The van der Waals surface area contributed by atoms with Crippen LogP contribution in [0.25, 0.3) is 5.13 Å². The molecule has 0 spiro atoms. The van der Waals surface area contributed by atoms with Crippen LogP contribution in [0.5, 0.6) is 0 Å². The average Bonchev–Trinajstić information content (AvgIpc) is 3.20. The lowest BCUT2D eigenvalue weighted by Crippen LogP contribution is -2.25. The molecule has 0 saturated carbocycles. The first-order chi connectivity index (χ1) is 9.83. The Morgan fingerprint density at radius 1 is 1.40 bits per heavy atom. The second-order valence-electron chi connectivity index (χ2n) is 4.09. The molecule has 0 fully saturated rings. The van der Waals surface area contributed by atoms with E-state index in [4.69, 9.17) is 0 Å². The fraction of sp³-hybridized carbons (Fsp3) is 0.154. The Labute approximate surface area is 123 Å². The normalized spacial score (nSPS) is 10.6. The van der Waals surface area contributed by atoms with E-state index in [9.17, 15) is 4.79 Å². The van der Waals surface area contributed by atoms with Gasteiger partial charge in [0.15, 0.2) is 0 Å². The minimum atomic E-state index is -0.0335. The number of carbonyl (C=O) groups is 1. The van der Waals surface area contributed by atoms with Crippen molar-refractivity contribution in [3.05, 3.63) is 51.9 Å². The average molecular weight is 304 g/mol. The second kappa shape index (κ2) is 5.98. The molecule has 1 amide bonds. The minimum Gasteiger partial charge on any atom is -0.352 e. The maximum atomic E-state index is 11.8. The summed E-state index contributed by atoms with van der Waals surface area (Å²) in [7, 11) is 0. The molecule has 5 nitrogen and oxygen atoms in total. The van der Waals surface area contributed by atoms with Gasteiger partial charge in [-0.3, -0.25) is 4.79 Å². The zero-order chi connectivity index (χ0) is 13.8. The molecule has 3 aromatic rings. The minimum absolute atomic E-state index is 0.0335. The highest BCUT2D eigenvalue weighted by Crippen LogP contribution is 2.14. The number of hydrogen-bond donors (Lipinski definition) is 1. The predicted molar refractivity (Wildman–Crippen MR) is 79.6 cm³/mol. The van der Waals surface area contributed by atoms with Crippen LogP contribution in [-0.2, 0) is 6.42 Å². The van der Waals surface area contributed by atoms with Crippen molar-refractivity contribution in [3.8, 4) is 5.13 Å². The molecule has 0 bridgehead atoms. The fourth-order valence-corrected chi connectivity index (χ4v) is 3.13. The van der Waals surface area contributed by atoms with Gasteiger partial charge in [-0.15, -0.1) is 11.3 Å². The number of rotatable bonds is 5. The molecule has 3 rings (SSSR count). The summed E-state index contributed by atoms with van der Waals surface area (Å²) in [6.07, 6.45) is 4.30. The van der Waals surface area contributed by atoms with Gasteiger partial charge in [-0.25, -0.2) is 9.67 Å².